The molecule has 1 aliphatic rings. The number of amidine groups is 1. The van der Waals surface area contributed by atoms with Gasteiger partial charge in [-0.1, -0.05) is 6.61 Å². The summed E-state index contributed by atoms with van der Waals surface area (Å²) in [4.78, 5) is 14.6. The summed E-state index contributed by atoms with van der Waals surface area (Å²) >= 11 is 0. The Labute approximate surface area is 105 Å². The molecule has 0 aliphatic carbocycles. The topological polar surface area (TPSA) is 75.5 Å². The molecular weight excluding hydrogens is 195 g/mol. The number of rotatable bonds is 4. The average Bonchev–Trinajstić information content (AvgIpc) is 2.32. The third-order valence-corrected chi connectivity index (χ3v) is 2.51. The Balaban J connectivity index is 0.00000169. The molecule has 0 radical (unpaired) electrons. The van der Waals surface area contributed by atoms with Gasteiger partial charge in [-0.15, -0.1) is 0 Å². The van der Waals surface area contributed by atoms with Crippen molar-refractivity contribution in [3.05, 3.63) is 0 Å². The number of carboxylic acids is 1. The predicted molar refractivity (Wildman–Crippen MR) is 42.7 cm³/mol. The number of carboxylic acid groups (broad SMARTS) is 1. The van der Waals surface area contributed by atoms with Gasteiger partial charge in [0.2, 0.25) is 0 Å². The van der Waals surface area contributed by atoms with E-state index in [1.807, 2.05) is 0 Å². The molecule has 0 fully saturated rings. The quantitative estimate of drug-likeness (QED) is 0.341. The van der Waals surface area contributed by atoms with Crippen LogP contribution in [0.2, 0.25) is 0 Å². The maximum atomic E-state index is 10.5. The largest absolute Gasteiger partial charge is 1.00 e. The Kier molecular flexibility index (Phi) is 5.85. The second-order valence-electron chi connectivity index (χ2n) is 3.26. The molecule has 0 saturated carbocycles. The number of hydrogen-bond acceptors (Lipinski definition) is 4. The second-order valence-corrected chi connectivity index (χ2v) is 3.26. The van der Waals surface area contributed by atoms with Gasteiger partial charge in [-0.2, -0.15) is 0 Å². The van der Waals surface area contributed by atoms with Crippen LogP contribution >= 0.6 is 0 Å². The summed E-state index contributed by atoms with van der Waals surface area (Å²) in [5.41, 5.74) is 0. The number of hydrogen-bond donors (Lipinski definition) is 0. The zero-order valence-corrected chi connectivity index (χ0v) is 10.7. The zero-order valence-electron chi connectivity index (χ0n) is 8.65. The fourth-order valence-electron chi connectivity index (χ4n) is 1.68. The van der Waals surface area contributed by atoms with Crippen molar-refractivity contribution in [1.29, 1.82) is 0 Å². The van der Waals surface area contributed by atoms with Crippen molar-refractivity contribution in [2.75, 3.05) is 32.8 Å². The third-order valence-electron chi connectivity index (χ3n) is 2.51. The van der Waals surface area contributed by atoms with Gasteiger partial charge in [0.1, 0.15) is 13.1 Å². The molecule has 5 nitrogen and oxygen atoms in total. The van der Waals surface area contributed by atoms with Crippen LogP contribution in [0.15, 0.2) is 4.99 Å². The minimum atomic E-state index is -1.12. The van der Waals surface area contributed by atoms with Gasteiger partial charge in [-0.05, 0) is 0 Å². The molecule has 1 heterocycles. The van der Waals surface area contributed by atoms with E-state index in [4.69, 9.17) is 0 Å². The summed E-state index contributed by atoms with van der Waals surface area (Å²) in [7, 11) is 0. The first-order valence-corrected chi connectivity index (χ1v) is 4.26. The third kappa shape index (κ3) is 3.03. The number of carbonyl (C=O) groups is 1. The predicted octanol–water partition coefficient (Wildman–Crippen LogP) is -5.65. The zero-order chi connectivity index (χ0) is 9.90. The fraction of sp³-hybridized carbons (Fsp3) is 0.750. The van der Waals surface area contributed by atoms with Gasteiger partial charge in [-0.3, -0.25) is 4.48 Å². The van der Waals surface area contributed by atoms with Crippen LogP contribution in [-0.2, 0) is 4.79 Å². The van der Waals surface area contributed by atoms with Crippen molar-refractivity contribution in [2.45, 2.75) is 6.92 Å². The minimum Gasteiger partial charge on any atom is -0.850 e. The van der Waals surface area contributed by atoms with E-state index in [2.05, 4.69) is 4.99 Å². The van der Waals surface area contributed by atoms with Crippen molar-refractivity contribution < 1.29 is 49.0 Å². The van der Waals surface area contributed by atoms with Crippen LogP contribution < -0.4 is 39.8 Å². The van der Waals surface area contributed by atoms with Crippen molar-refractivity contribution >= 4 is 11.8 Å². The Morgan fingerprint density at radius 3 is 2.64 bits per heavy atom. The maximum Gasteiger partial charge on any atom is 1.00 e. The summed E-state index contributed by atoms with van der Waals surface area (Å²) in [5, 5.41) is 21.0. The van der Waals surface area contributed by atoms with E-state index >= 15 is 0 Å². The van der Waals surface area contributed by atoms with Crippen LogP contribution in [0.3, 0.4) is 0 Å². The molecule has 0 bridgehead atoms. The van der Waals surface area contributed by atoms with Crippen molar-refractivity contribution in [1.82, 2.24) is 0 Å². The van der Waals surface area contributed by atoms with E-state index in [9.17, 15) is 15.0 Å². The van der Waals surface area contributed by atoms with E-state index in [0.29, 0.717) is 19.6 Å². The van der Waals surface area contributed by atoms with E-state index in [1.54, 1.807) is 6.92 Å². The molecule has 1 atom stereocenters. The summed E-state index contributed by atoms with van der Waals surface area (Å²) in [5.74, 6) is -0.384. The minimum absolute atomic E-state index is 0. The van der Waals surface area contributed by atoms with E-state index < -0.39 is 5.97 Å². The Morgan fingerprint density at radius 1 is 1.64 bits per heavy atom. The Hall–Kier alpha value is 0.0600. The molecule has 0 amide bonds. The van der Waals surface area contributed by atoms with Crippen LogP contribution in [0.5, 0.6) is 0 Å². The summed E-state index contributed by atoms with van der Waals surface area (Å²) in [6.07, 6.45) is 0. The average molecular weight is 208 g/mol. The molecule has 0 spiro atoms. The van der Waals surface area contributed by atoms with E-state index in [-0.39, 0.29) is 47.2 Å². The van der Waals surface area contributed by atoms with Crippen molar-refractivity contribution in [3.8, 4) is 0 Å². The number of aliphatic carboxylic acids is 1. The first kappa shape index (κ1) is 14.1. The van der Waals surface area contributed by atoms with E-state index in [1.165, 1.54) is 0 Å². The van der Waals surface area contributed by atoms with Gasteiger partial charge in [-0.25, -0.2) is 4.99 Å². The number of nitrogens with zero attached hydrogens (tertiary/aromatic N) is 2. The maximum absolute atomic E-state index is 10.5. The Morgan fingerprint density at radius 2 is 2.29 bits per heavy atom. The molecule has 0 aromatic heterocycles. The van der Waals surface area contributed by atoms with Crippen molar-refractivity contribution in [3.63, 3.8) is 0 Å². The normalized spacial score (nSPS) is 25.4. The molecule has 1 aliphatic heterocycles. The van der Waals surface area contributed by atoms with E-state index in [0.717, 1.165) is 5.84 Å². The van der Waals surface area contributed by atoms with Gasteiger partial charge in [0.05, 0.1) is 19.1 Å². The number of aliphatic imine (C=N–C) groups is 1. The molecule has 0 aromatic rings. The SMILES string of the molecule is CC1=NCC[N+]1(CC[O-])CC(=O)[O-].[Na+]. The van der Waals surface area contributed by atoms with Crippen LogP contribution in [0.4, 0.5) is 0 Å². The van der Waals surface area contributed by atoms with Gasteiger partial charge in [0.15, 0.2) is 5.84 Å². The van der Waals surface area contributed by atoms with Gasteiger partial charge >= 0.3 is 29.6 Å². The fourth-order valence-corrected chi connectivity index (χ4v) is 1.68. The van der Waals surface area contributed by atoms with Crippen LogP contribution in [0.25, 0.3) is 0 Å². The first-order valence-electron chi connectivity index (χ1n) is 4.26. The molecule has 1 unspecified atom stereocenters. The molecule has 6 heteroatoms. The first-order chi connectivity index (χ1) is 6.10. The van der Waals surface area contributed by atoms with Gasteiger partial charge in [0.25, 0.3) is 0 Å². The summed E-state index contributed by atoms with van der Waals surface area (Å²) in [6.45, 7) is 2.88. The smallest absolute Gasteiger partial charge is 0.850 e. The number of quaternary nitrogens is 1. The second kappa shape index (κ2) is 5.82. The standard InChI is InChI=1S/C8H14N2O3.Na/c1-7-9-2-3-10(7,4-5-11)6-8(12)13;/h2-6H2,1H3,(H,12,13);/q;+1/p-1. The van der Waals surface area contributed by atoms with Crippen LogP contribution in [-0.4, -0.2) is 49.1 Å². The molecule has 74 valence electrons. The molecule has 0 N–H and O–H groups in total. The van der Waals surface area contributed by atoms with Crippen LogP contribution in [0.1, 0.15) is 6.92 Å². The van der Waals surface area contributed by atoms with Crippen LogP contribution in [0, 0.1) is 0 Å². The van der Waals surface area contributed by atoms with Gasteiger partial charge < -0.3 is 15.0 Å². The molecule has 0 saturated heterocycles. The molecule has 14 heavy (non-hydrogen) atoms. The monoisotopic (exact) mass is 208 g/mol. The molecule has 0 aromatic carbocycles. The van der Waals surface area contributed by atoms with Crippen molar-refractivity contribution in [2.24, 2.45) is 4.99 Å². The summed E-state index contributed by atoms with van der Waals surface area (Å²) in [6, 6.07) is 0. The Bertz CT molecular complexity index is 245. The molecular formula is C8H13N2NaO3. The van der Waals surface area contributed by atoms with Gasteiger partial charge in [0, 0.05) is 6.92 Å². The molecule has 1 rings (SSSR count). The summed E-state index contributed by atoms with van der Waals surface area (Å²) < 4.78 is 0.186. The number of carbonyl (C=O) groups excluding carboxylic acids is 1.